The lowest BCUT2D eigenvalue weighted by atomic mass is 10.2. The summed E-state index contributed by atoms with van der Waals surface area (Å²) < 4.78 is 0. The second kappa shape index (κ2) is 5.58. The molecule has 17 heavy (non-hydrogen) atoms. The van der Waals surface area contributed by atoms with Crippen molar-refractivity contribution in [1.29, 1.82) is 0 Å². The number of aliphatic hydroxyl groups excluding tert-OH is 1. The lowest BCUT2D eigenvalue weighted by molar-refractivity contribution is -0.384. The number of nitrogens with zero attached hydrogens (tertiary/aromatic N) is 3. The van der Waals surface area contributed by atoms with Crippen LogP contribution in [0.1, 0.15) is 19.4 Å². The molecule has 1 aromatic heterocycles. The fourth-order valence-electron chi connectivity index (χ4n) is 1.62. The first-order chi connectivity index (χ1) is 7.97. The summed E-state index contributed by atoms with van der Waals surface area (Å²) in [6, 6.07) is 1.53. The number of aliphatic hydroxyl groups is 1. The molecule has 0 aliphatic carbocycles. The standard InChI is InChI=1S/C11H17N3O3/c1-8(2)13(4-5-15)11-10(14(16)17)6-9(3)7-12-11/h6-8,15H,4-5H2,1-3H3. The van der Waals surface area contributed by atoms with Gasteiger partial charge in [0.25, 0.3) is 0 Å². The molecule has 0 aliphatic heterocycles. The summed E-state index contributed by atoms with van der Waals surface area (Å²) in [5, 5.41) is 20.0. The third kappa shape index (κ3) is 3.13. The molecular formula is C11H17N3O3. The topological polar surface area (TPSA) is 79.5 Å². The van der Waals surface area contributed by atoms with Crippen molar-refractivity contribution in [3.8, 4) is 0 Å². The number of rotatable bonds is 5. The van der Waals surface area contributed by atoms with Gasteiger partial charge in [0.15, 0.2) is 0 Å². The predicted octanol–water partition coefficient (Wildman–Crippen LogP) is 1.51. The molecule has 94 valence electrons. The van der Waals surface area contributed by atoms with E-state index < -0.39 is 4.92 Å². The zero-order valence-electron chi connectivity index (χ0n) is 10.3. The van der Waals surface area contributed by atoms with Gasteiger partial charge in [0, 0.05) is 24.8 Å². The average molecular weight is 239 g/mol. The first kappa shape index (κ1) is 13.4. The number of nitro groups is 1. The van der Waals surface area contributed by atoms with E-state index in [2.05, 4.69) is 4.98 Å². The summed E-state index contributed by atoms with van der Waals surface area (Å²) in [7, 11) is 0. The minimum atomic E-state index is -0.442. The molecule has 0 bridgehead atoms. The molecule has 0 amide bonds. The van der Waals surface area contributed by atoms with E-state index in [1.165, 1.54) is 6.07 Å². The Kier molecular flexibility index (Phi) is 4.39. The molecule has 1 heterocycles. The van der Waals surface area contributed by atoms with Crippen LogP contribution in [0.25, 0.3) is 0 Å². The molecular weight excluding hydrogens is 222 g/mol. The molecule has 0 atom stereocenters. The first-order valence-corrected chi connectivity index (χ1v) is 5.46. The van der Waals surface area contributed by atoms with E-state index in [1.807, 2.05) is 13.8 Å². The lowest BCUT2D eigenvalue weighted by Gasteiger charge is -2.26. The fraction of sp³-hybridized carbons (Fsp3) is 0.545. The van der Waals surface area contributed by atoms with Gasteiger partial charge in [0.05, 0.1) is 11.5 Å². The fourth-order valence-corrected chi connectivity index (χ4v) is 1.62. The summed E-state index contributed by atoms with van der Waals surface area (Å²) in [6.45, 7) is 5.83. The zero-order chi connectivity index (χ0) is 13.0. The largest absolute Gasteiger partial charge is 0.395 e. The smallest absolute Gasteiger partial charge is 0.311 e. The summed E-state index contributed by atoms with van der Waals surface area (Å²) in [6.07, 6.45) is 1.59. The maximum absolute atomic E-state index is 11.0. The van der Waals surface area contributed by atoms with Crippen molar-refractivity contribution < 1.29 is 10.0 Å². The van der Waals surface area contributed by atoms with Gasteiger partial charge in [-0.2, -0.15) is 0 Å². The second-order valence-electron chi connectivity index (χ2n) is 4.12. The van der Waals surface area contributed by atoms with Crippen molar-refractivity contribution in [2.24, 2.45) is 0 Å². The van der Waals surface area contributed by atoms with Crippen LogP contribution in [-0.4, -0.2) is 34.2 Å². The number of pyridine rings is 1. The molecule has 1 N–H and O–H groups in total. The lowest BCUT2D eigenvalue weighted by Crippen LogP contribution is -2.34. The Balaban J connectivity index is 3.22. The molecule has 0 aromatic carbocycles. The van der Waals surface area contributed by atoms with Crippen molar-refractivity contribution in [1.82, 2.24) is 4.98 Å². The maximum Gasteiger partial charge on any atom is 0.311 e. The molecule has 1 rings (SSSR count). The Morgan fingerprint density at radius 1 is 1.59 bits per heavy atom. The second-order valence-corrected chi connectivity index (χ2v) is 4.12. The Hall–Kier alpha value is -1.69. The Labute approximate surface area is 100 Å². The van der Waals surface area contributed by atoms with Crippen LogP contribution in [0.2, 0.25) is 0 Å². The summed E-state index contributed by atoms with van der Waals surface area (Å²) in [5.74, 6) is 0.310. The van der Waals surface area contributed by atoms with E-state index in [4.69, 9.17) is 5.11 Å². The predicted molar refractivity (Wildman–Crippen MR) is 65.2 cm³/mol. The van der Waals surface area contributed by atoms with Gasteiger partial charge in [0.1, 0.15) is 0 Å². The summed E-state index contributed by atoms with van der Waals surface area (Å²) in [5.41, 5.74) is 0.723. The van der Waals surface area contributed by atoms with Crippen LogP contribution in [0.15, 0.2) is 12.3 Å². The van der Waals surface area contributed by atoms with Crippen molar-refractivity contribution >= 4 is 11.5 Å². The zero-order valence-corrected chi connectivity index (χ0v) is 10.3. The van der Waals surface area contributed by atoms with Crippen LogP contribution in [-0.2, 0) is 0 Å². The molecule has 6 nitrogen and oxygen atoms in total. The van der Waals surface area contributed by atoms with E-state index in [1.54, 1.807) is 18.0 Å². The number of aromatic nitrogens is 1. The third-order valence-corrected chi connectivity index (χ3v) is 2.42. The highest BCUT2D eigenvalue weighted by Crippen LogP contribution is 2.27. The Morgan fingerprint density at radius 2 is 2.24 bits per heavy atom. The van der Waals surface area contributed by atoms with E-state index >= 15 is 0 Å². The van der Waals surface area contributed by atoms with Crippen LogP contribution < -0.4 is 4.90 Å². The molecule has 1 aromatic rings. The normalized spacial score (nSPS) is 10.6. The third-order valence-electron chi connectivity index (χ3n) is 2.42. The number of aryl methyl sites for hydroxylation is 1. The molecule has 0 saturated carbocycles. The highest BCUT2D eigenvalue weighted by Gasteiger charge is 2.22. The van der Waals surface area contributed by atoms with Gasteiger partial charge in [-0.1, -0.05) is 0 Å². The Bertz CT molecular complexity index is 407. The number of hydrogen-bond acceptors (Lipinski definition) is 5. The minimum Gasteiger partial charge on any atom is -0.395 e. The van der Waals surface area contributed by atoms with Gasteiger partial charge in [-0.25, -0.2) is 4.98 Å². The highest BCUT2D eigenvalue weighted by atomic mass is 16.6. The van der Waals surface area contributed by atoms with Crippen LogP contribution in [0.5, 0.6) is 0 Å². The number of hydrogen-bond donors (Lipinski definition) is 1. The van der Waals surface area contributed by atoms with E-state index in [0.29, 0.717) is 12.4 Å². The van der Waals surface area contributed by atoms with Gasteiger partial charge < -0.3 is 10.0 Å². The van der Waals surface area contributed by atoms with Crippen molar-refractivity contribution in [2.45, 2.75) is 26.8 Å². The van der Waals surface area contributed by atoms with Crippen LogP contribution in [0, 0.1) is 17.0 Å². The molecule has 0 radical (unpaired) electrons. The van der Waals surface area contributed by atoms with Gasteiger partial charge in [-0.3, -0.25) is 10.1 Å². The molecule has 0 fully saturated rings. The van der Waals surface area contributed by atoms with E-state index in [9.17, 15) is 10.1 Å². The molecule has 0 saturated heterocycles. The van der Waals surface area contributed by atoms with E-state index in [-0.39, 0.29) is 18.3 Å². The summed E-state index contributed by atoms with van der Waals surface area (Å²) >= 11 is 0. The van der Waals surface area contributed by atoms with E-state index in [0.717, 1.165) is 5.56 Å². The van der Waals surface area contributed by atoms with Crippen LogP contribution in [0.4, 0.5) is 11.5 Å². The highest BCUT2D eigenvalue weighted by molar-refractivity contribution is 5.59. The van der Waals surface area contributed by atoms with Crippen molar-refractivity contribution in [2.75, 3.05) is 18.1 Å². The molecule has 6 heteroatoms. The number of anilines is 1. The van der Waals surface area contributed by atoms with Crippen LogP contribution >= 0.6 is 0 Å². The van der Waals surface area contributed by atoms with Crippen molar-refractivity contribution in [3.63, 3.8) is 0 Å². The van der Waals surface area contributed by atoms with Crippen LogP contribution in [0.3, 0.4) is 0 Å². The monoisotopic (exact) mass is 239 g/mol. The maximum atomic E-state index is 11.0. The van der Waals surface area contributed by atoms with Gasteiger partial charge in [0.2, 0.25) is 5.82 Å². The van der Waals surface area contributed by atoms with Gasteiger partial charge >= 0.3 is 5.69 Å². The van der Waals surface area contributed by atoms with Gasteiger partial charge in [-0.05, 0) is 26.3 Å². The first-order valence-electron chi connectivity index (χ1n) is 5.46. The average Bonchev–Trinajstić information content (AvgIpc) is 2.26. The SMILES string of the molecule is Cc1cnc(N(CCO)C(C)C)c([N+](=O)[O-])c1. The Morgan fingerprint density at radius 3 is 2.71 bits per heavy atom. The molecule has 0 unspecified atom stereocenters. The van der Waals surface area contributed by atoms with Crippen molar-refractivity contribution in [3.05, 3.63) is 27.9 Å². The summed E-state index contributed by atoms with van der Waals surface area (Å²) in [4.78, 5) is 16.4. The minimum absolute atomic E-state index is 0.0212. The molecule has 0 spiro atoms. The van der Waals surface area contributed by atoms with Gasteiger partial charge in [-0.15, -0.1) is 0 Å². The quantitative estimate of drug-likeness (QED) is 0.622. The molecule has 0 aliphatic rings.